The van der Waals surface area contributed by atoms with Gasteiger partial charge in [-0.25, -0.2) is 4.98 Å². The zero-order valence-electron chi connectivity index (χ0n) is 17.1. The predicted octanol–water partition coefficient (Wildman–Crippen LogP) is 2.65. The Hall–Kier alpha value is -2.45. The van der Waals surface area contributed by atoms with E-state index < -0.39 is 0 Å². The number of hydrogen-bond acceptors (Lipinski definition) is 6. The van der Waals surface area contributed by atoms with Crippen molar-refractivity contribution < 1.29 is 9.59 Å². The molecule has 1 atom stereocenters. The summed E-state index contributed by atoms with van der Waals surface area (Å²) >= 11 is 1.71. The number of aromatic nitrogens is 1. The monoisotopic (exact) mass is 413 g/mol. The van der Waals surface area contributed by atoms with Crippen molar-refractivity contribution in [2.45, 2.75) is 25.8 Å². The van der Waals surface area contributed by atoms with Crippen LogP contribution in [-0.2, 0) is 4.79 Å². The molecule has 2 aromatic heterocycles. The van der Waals surface area contributed by atoms with Gasteiger partial charge in [-0.2, -0.15) is 0 Å². The average molecular weight is 414 g/mol. The van der Waals surface area contributed by atoms with Gasteiger partial charge in [-0.3, -0.25) is 9.59 Å². The van der Waals surface area contributed by atoms with E-state index in [4.69, 9.17) is 0 Å². The largest absolute Gasteiger partial charge is 0.359 e. The highest BCUT2D eigenvalue weighted by atomic mass is 32.1. The Morgan fingerprint density at radius 3 is 2.90 bits per heavy atom. The summed E-state index contributed by atoms with van der Waals surface area (Å²) in [6.45, 7) is 3.56. The molecule has 2 aliphatic rings. The molecule has 154 valence electrons. The number of carbonyl (C=O) groups excluding carboxylic acids is 2. The molecule has 1 aliphatic heterocycles. The summed E-state index contributed by atoms with van der Waals surface area (Å²) in [5.74, 6) is 1.09. The molecule has 0 bridgehead atoms. The van der Waals surface area contributed by atoms with Crippen LogP contribution in [0.3, 0.4) is 0 Å². The number of hydrogen-bond donors (Lipinski definition) is 2. The molecule has 1 unspecified atom stereocenters. The fourth-order valence-electron chi connectivity index (χ4n) is 3.59. The Morgan fingerprint density at radius 2 is 2.24 bits per heavy atom. The summed E-state index contributed by atoms with van der Waals surface area (Å²) in [5.41, 5.74) is 2.42. The lowest BCUT2D eigenvalue weighted by atomic mass is 10.1. The van der Waals surface area contributed by atoms with Gasteiger partial charge < -0.3 is 20.4 Å². The third-order valence-corrected chi connectivity index (χ3v) is 6.67. The highest BCUT2D eigenvalue weighted by molar-refractivity contribution is 7.10. The van der Waals surface area contributed by atoms with E-state index in [0.717, 1.165) is 12.8 Å². The topological polar surface area (TPSA) is 77.6 Å². The van der Waals surface area contributed by atoms with Gasteiger partial charge in [0.2, 0.25) is 5.91 Å². The highest BCUT2D eigenvalue weighted by Gasteiger charge is 2.32. The van der Waals surface area contributed by atoms with Crippen molar-refractivity contribution >= 4 is 34.7 Å². The van der Waals surface area contributed by atoms with Gasteiger partial charge in [-0.05, 0) is 62.9 Å². The molecule has 0 radical (unpaired) electrons. The second-order valence-corrected chi connectivity index (χ2v) is 9.00. The number of aryl methyl sites for hydroxylation is 1. The molecular weight excluding hydrogens is 386 g/mol. The molecule has 0 aromatic carbocycles. The number of thiophene rings is 1. The minimum Gasteiger partial charge on any atom is -0.359 e. The zero-order chi connectivity index (χ0) is 20.5. The van der Waals surface area contributed by atoms with Gasteiger partial charge in [0.15, 0.2) is 0 Å². The number of anilines is 2. The van der Waals surface area contributed by atoms with Gasteiger partial charge in [0.25, 0.3) is 5.91 Å². The smallest absolute Gasteiger partial charge is 0.252 e. The fourth-order valence-corrected chi connectivity index (χ4v) is 4.72. The molecule has 0 spiro atoms. The maximum atomic E-state index is 12.8. The van der Waals surface area contributed by atoms with E-state index in [9.17, 15) is 9.59 Å². The number of rotatable bonds is 7. The van der Waals surface area contributed by atoms with Gasteiger partial charge in [0, 0.05) is 24.2 Å². The van der Waals surface area contributed by atoms with Crippen LogP contribution in [0.25, 0.3) is 0 Å². The van der Waals surface area contributed by atoms with Crippen molar-refractivity contribution in [2.24, 2.45) is 5.92 Å². The van der Waals surface area contributed by atoms with Crippen molar-refractivity contribution in [1.29, 1.82) is 0 Å². The third kappa shape index (κ3) is 4.28. The summed E-state index contributed by atoms with van der Waals surface area (Å²) in [7, 11) is 4.03. The number of likely N-dealkylation sites (N-methyl/N-ethyl adjacent to an activating group) is 1. The molecule has 1 aliphatic carbocycles. The number of nitrogens with one attached hydrogen (secondary N) is 2. The Morgan fingerprint density at radius 1 is 1.45 bits per heavy atom. The van der Waals surface area contributed by atoms with Gasteiger partial charge >= 0.3 is 0 Å². The molecule has 4 rings (SSSR count). The number of carbonyl (C=O) groups is 2. The first-order valence-electron chi connectivity index (χ1n) is 9.97. The van der Waals surface area contributed by atoms with Crippen molar-refractivity contribution in [2.75, 3.05) is 43.9 Å². The number of fused-ring (bicyclic) bond motifs is 1. The zero-order valence-corrected chi connectivity index (χ0v) is 17.9. The van der Waals surface area contributed by atoms with Crippen LogP contribution in [0.15, 0.2) is 23.7 Å². The van der Waals surface area contributed by atoms with E-state index in [-0.39, 0.29) is 24.4 Å². The van der Waals surface area contributed by atoms with E-state index in [1.807, 2.05) is 14.1 Å². The lowest BCUT2D eigenvalue weighted by Gasteiger charge is -2.30. The molecule has 1 fully saturated rings. The van der Waals surface area contributed by atoms with Gasteiger partial charge in [0.05, 0.1) is 23.8 Å². The Kier molecular flexibility index (Phi) is 5.56. The van der Waals surface area contributed by atoms with Crippen LogP contribution in [-0.4, -0.2) is 55.4 Å². The van der Waals surface area contributed by atoms with Crippen molar-refractivity contribution in [3.63, 3.8) is 0 Å². The van der Waals surface area contributed by atoms with E-state index in [2.05, 4.69) is 38.9 Å². The van der Waals surface area contributed by atoms with Gasteiger partial charge in [-0.15, -0.1) is 11.3 Å². The molecule has 29 heavy (non-hydrogen) atoms. The van der Waals surface area contributed by atoms with Crippen molar-refractivity contribution in [3.8, 4) is 0 Å². The maximum Gasteiger partial charge on any atom is 0.252 e. The fraction of sp³-hybridized carbons (Fsp3) is 0.476. The Balaban J connectivity index is 1.49. The number of amides is 2. The molecule has 2 amide bonds. The minimum atomic E-state index is -0.175. The van der Waals surface area contributed by atoms with Crippen LogP contribution in [0.2, 0.25) is 0 Å². The number of nitrogens with zero attached hydrogens (tertiary/aromatic N) is 3. The van der Waals surface area contributed by atoms with Crippen LogP contribution in [0.4, 0.5) is 11.5 Å². The lowest BCUT2D eigenvalue weighted by molar-refractivity contribution is -0.117. The standard InChI is InChI=1S/C21H27N5O2S/c1-13-6-7-29-19(13)17(25(2)3)10-24-21(28)15-8-16-20(22-9-15)23-11-18(27)26(16)12-14-4-5-14/h6-9,14,17H,4-5,10-12H2,1-3H3,(H,22,23)(H,24,28). The summed E-state index contributed by atoms with van der Waals surface area (Å²) in [6.07, 6.45) is 3.90. The quantitative estimate of drug-likeness (QED) is 0.730. The second kappa shape index (κ2) is 8.12. The minimum absolute atomic E-state index is 0.0320. The SMILES string of the molecule is Cc1ccsc1C(CNC(=O)c1cnc2c(c1)N(CC1CC1)C(=O)CN2)N(C)C. The molecule has 7 nitrogen and oxygen atoms in total. The lowest BCUT2D eigenvalue weighted by Crippen LogP contribution is -2.41. The Bertz CT molecular complexity index is 922. The summed E-state index contributed by atoms with van der Waals surface area (Å²) in [6, 6.07) is 3.99. The van der Waals surface area contributed by atoms with Gasteiger partial charge in [-0.1, -0.05) is 0 Å². The summed E-state index contributed by atoms with van der Waals surface area (Å²) in [5, 5.41) is 8.18. The van der Waals surface area contributed by atoms with E-state index in [1.165, 1.54) is 10.4 Å². The van der Waals surface area contributed by atoms with E-state index in [0.29, 0.717) is 36.1 Å². The van der Waals surface area contributed by atoms with Crippen molar-refractivity contribution in [3.05, 3.63) is 39.7 Å². The highest BCUT2D eigenvalue weighted by Crippen LogP contribution is 2.35. The first kappa shape index (κ1) is 19.8. The maximum absolute atomic E-state index is 12.8. The van der Waals surface area contributed by atoms with Crippen LogP contribution >= 0.6 is 11.3 Å². The molecule has 2 aromatic rings. The summed E-state index contributed by atoms with van der Waals surface area (Å²) in [4.78, 5) is 34.8. The molecule has 2 N–H and O–H groups in total. The molecule has 0 saturated heterocycles. The van der Waals surface area contributed by atoms with Crippen LogP contribution in [0.1, 0.15) is 39.7 Å². The van der Waals surface area contributed by atoms with Crippen LogP contribution < -0.4 is 15.5 Å². The van der Waals surface area contributed by atoms with Crippen LogP contribution in [0, 0.1) is 12.8 Å². The van der Waals surface area contributed by atoms with Crippen molar-refractivity contribution in [1.82, 2.24) is 15.2 Å². The molecule has 1 saturated carbocycles. The first-order valence-corrected chi connectivity index (χ1v) is 10.8. The van der Waals surface area contributed by atoms with Crippen LogP contribution in [0.5, 0.6) is 0 Å². The third-order valence-electron chi connectivity index (χ3n) is 5.55. The summed E-state index contributed by atoms with van der Waals surface area (Å²) < 4.78 is 0. The second-order valence-electron chi connectivity index (χ2n) is 8.05. The molecular formula is C21H27N5O2S. The number of pyridine rings is 1. The first-order chi connectivity index (χ1) is 13.9. The predicted molar refractivity (Wildman–Crippen MR) is 116 cm³/mol. The molecule has 8 heteroatoms. The average Bonchev–Trinajstić information content (AvgIpc) is 3.43. The van der Waals surface area contributed by atoms with Gasteiger partial charge in [0.1, 0.15) is 5.82 Å². The van der Waals surface area contributed by atoms with E-state index >= 15 is 0 Å². The normalized spacial score (nSPS) is 17.1. The molecule has 3 heterocycles. The van der Waals surface area contributed by atoms with E-state index in [1.54, 1.807) is 28.5 Å². The Labute approximate surface area is 175 Å².